The van der Waals surface area contributed by atoms with Crippen molar-refractivity contribution in [2.45, 2.75) is 26.8 Å². The quantitative estimate of drug-likeness (QED) is 0.783. The summed E-state index contributed by atoms with van der Waals surface area (Å²) >= 11 is 0. The highest BCUT2D eigenvalue weighted by molar-refractivity contribution is 5.67. The molecule has 0 bridgehead atoms. The fourth-order valence-electron chi connectivity index (χ4n) is 2.53. The maximum absolute atomic E-state index is 5.72. The second kappa shape index (κ2) is 6.20. The summed E-state index contributed by atoms with van der Waals surface area (Å²) in [7, 11) is 0. The van der Waals surface area contributed by atoms with E-state index in [1.807, 2.05) is 24.3 Å². The van der Waals surface area contributed by atoms with E-state index in [-0.39, 0.29) is 0 Å². The van der Waals surface area contributed by atoms with Crippen LogP contribution < -0.4 is 10.5 Å². The summed E-state index contributed by atoms with van der Waals surface area (Å²) in [5.74, 6) is 0.900. The minimum atomic E-state index is 0.534. The number of ether oxygens (including phenoxy) is 1. The Labute approximate surface area is 130 Å². The maximum Gasteiger partial charge on any atom is 0.137 e. The van der Waals surface area contributed by atoms with Gasteiger partial charge in [0.05, 0.1) is 12.3 Å². The van der Waals surface area contributed by atoms with Crippen molar-refractivity contribution in [2.24, 2.45) is 5.73 Å². The van der Waals surface area contributed by atoms with Crippen LogP contribution in [-0.4, -0.2) is 16.0 Å². The molecule has 0 saturated heterocycles. The molecule has 0 aliphatic carbocycles. The van der Waals surface area contributed by atoms with Crippen LogP contribution in [0.3, 0.4) is 0 Å². The highest BCUT2D eigenvalue weighted by atomic mass is 16.5. The van der Waals surface area contributed by atoms with Gasteiger partial charge in [0.15, 0.2) is 0 Å². The lowest BCUT2D eigenvalue weighted by molar-refractivity contribution is 0.317. The summed E-state index contributed by atoms with van der Waals surface area (Å²) in [4.78, 5) is 4.73. The van der Waals surface area contributed by atoms with Gasteiger partial charge in [0.2, 0.25) is 0 Å². The molecule has 0 radical (unpaired) electrons. The molecule has 0 spiro atoms. The van der Waals surface area contributed by atoms with Gasteiger partial charge in [-0.05, 0) is 49.2 Å². The van der Waals surface area contributed by atoms with E-state index < -0.39 is 0 Å². The summed E-state index contributed by atoms with van der Waals surface area (Å²) in [5.41, 5.74) is 11.0. The number of nitrogens with zero attached hydrogens (tertiary/aromatic N) is 2. The number of fused-ring (bicyclic) bond motifs is 1. The summed E-state index contributed by atoms with van der Waals surface area (Å²) in [6, 6.07) is 12.2. The number of hydrogen-bond acceptors (Lipinski definition) is 3. The summed E-state index contributed by atoms with van der Waals surface area (Å²) < 4.78 is 7.72. The van der Waals surface area contributed by atoms with Gasteiger partial charge in [-0.2, -0.15) is 0 Å². The minimum Gasteiger partial charge on any atom is -0.494 e. The van der Waals surface area contributed by atoms with Crippen LogP contribution in [-0.2, 0) is 6.54 Å². The van der Waals surface area contributed by atoms with Crippen LogP contribution in [0.15, 0.2) is 42.6 Å². The summed E-state index contributed by atoms with van der Waals surface area (Å²) in [6.07, 6.45) is 3.07. The van der Waals surface area contributed by atoms with E-state index in [1.165, 1.54) is 0 Å². The van der Waals surface area contributed by atoms with Crippen molar-refractivity contribution < 1.29 is 4.74 Å². The lowest BCUT2D eigenvalue weighted by atomic mass is 10.1. The molecule has 0 aliphatic heterocycles. The topological polar surface area (TPSA) is 52.5 Å². The zero-order chi connectivity index (χ0) is 15.5. The fraction of sp³-hybridized carbons (Fsp3) is 0.278. The third-order valence-electron chi connectivity index (χ3n) is 3.75. The van der Waals surface area contributed by atoms with Gasteiger partial charge in [0, 0.05) is 24.0 Å². The molecule has 114 valence electrons. The molecular weight excluding hydrogens is 274 g/mol. The summed E-state index contributed by atoms with van der Waals surface area (Å²) in [5, 5.41) is 0. The largest absolute Gasteiger partial charge is 0.494 e. The average molecular weight is 295 g/mol. The zero-order valence-electron chi connectivity index (χ0n) is 13.0. The van der Waals surface area contributed by atoms with E-state index >= 15 is 0 Å². The number of aromatic nitrogens is 2. The third kappa shape index (κ3) is 2.70. The molecule has 3 aromatic rings. The molecule has 2 heterocycles. The Morgan fingerprint density at radius 3 is 2.59 bits per heavy atom. The number of imidazole rings is 1. The van der Waals surface area contributed by atoms with Crippen LogP contribution >= 0.6 is 0 Å². The van der Waals surface area contributed by atoms with Crippen LogP contribution in [0.1, 0.15) is 24.6 Å². The number of nitrogens with two attached hydrogens (primary N) is 1. The lowest BCUT2D eigenvalue weighted by Crippen LogP contribution is -1.98. The predicted molar refractivity (Wildman–Crippen MR) is 89.0 cm³/mol. The predicted octanol–water partition coefficient (Wildman–Crippen LogP) is 3.56. The van der Waals surface area contributed by atoms with E-state index in [9.17, 15) is 0 Å². The van der Waals surface area contributed by atoms with Gasteiger partial charge in [0.1, 0.15) is 11.4 Å². The molecule has 0 aliphatic rings. The van der Waals surface area contributed by atoms with Crippen molar-refractivity contribution in [2.75, 3.05) is 6.61 Å². The van der Waals surface area contributed by atoms with Crippen molar-refractivity contribution >= 4 is 5.65 Å². The zero-order valence-corrected chi connectivity index (χ0v) is 13.0. The number of pyridine rings is 1. The Morgan fingerprint density at radius 2 is 1.91 bits per heavy atom. The molecule has 2 aromatic heterocycles. The van der Waals surface area contributed by atoms with Gasteiger partial charge in [-0.25, -0.2) is 4.98 Å². The number of rotatable bonds is 5. The van der Waals surface area contributed by atoms with E-state index in [4.69, 9.17) is 15.5 Å². The van der Waals surface area contributed by atoms with Crippen LogP contribution in [0.4, 0.5) is 0 Å². The van der Waals surface area contributed by atoms with Crippen LogP contribution in [0.25, 0.3) is 16.9 Å². The molecule has 0 fully saturated rings. The van der Waals surface area contributed by atoms with E-state index in [1.54, 1.807) is 0 Å². The number of aryl methyl sites for hydroxylation is 1. The first-order valence-corrected chi connectivity index (χ1v) is 7.64. The van der Waals surface area contributed by atoms with Gasteiger partial charge in [-0.3, -0.25) is 0 Å². The lowest BCUT2D eigenvalue weighted by Gasteiger charge is -2.05. The second-order valence-corrected chi connectivity index (χ2v) is 5.39. The van der Waals surface area contributed by atoms with Crippen molar-refractivity contribution in [1.29, 1.82) is 0 Å². The Bertz CT molecular complexity index is 775. The van der Waals surface area contributed by atoms with Crippen LogP contribution in [0.5, 0.6) is 5.75 Å². The first kappa shape index (κ1) is 14.6. The molecule has 0 atom stereocenters. The Hall–Kier alpha value is -2.33. The first-order chi connectivity index (χ1) is 10.7. The van der Waals surface area contributed by atoms with Crippen LogP contribution in [0.2, 0.25) is 0 Å². The van der Waals surface area contributed by atoms with E-state index in [2.05, 4.69) is 36.6 Å². The normalized spacial score (nSPS) is 11.0. The molecule has 0 amide bonds. The molecule has 0 saturated carbocycles. The Morgan fingerprint density at radius 1 is 1.14 bits per heavy atom. The summed E-state index contributed by atoms with van der Waals surface area (Å²) in [6.45, 7) is 5.46. The van der Waals surface area contributed by atoms with Gasteiger partial charge >= 0.3 is 0 Å². The molecule has 4 heteroatoms. The second-order valence-electron chi connectivity index (χ2n) is 5.39. The first-order valence-electron chi connectivity index (χ1n) is 7.64. The third-order valence-corrected chi connectivity index (χ3v) is 3.75. The maximum atomic E-state index is 5.72. The highest BCUT2D eigenvalue weighted by Crippen LogP contribution is 2.26. The monoisotopic (exact) mass is 295 g/mol. The standard InChI is InChI=1S/C18H21N3O/c1-3-10-22-16-7-5-15(6-8-16)18-13(2)21-12-14(11-19)4-9-17(21)20-18/h4-9,12H,3,10-11,19H2,1-2H3. The molecule has 1 aromatic carbocycles. The average Bonchev–Trinajstić information content (AvgIpc) is 2.90. The highest BCUT2D eigenvalue weighted by Gasteiger charge is 2.10. The van der Waals surface area contributed by atoms with E-state index in [0.717, 1.165) is 46.9 Å². The van der Waals surface area contributed by atoms with Crippen molar-refractivity contribution in [3.05, 3.63) is 53.9 Å². The Balaban J connectivity index is 1.97. The smallest absolute Gasteiger partial charge is 0.137 e. The van der Waals surface area contributed by atoms with Gasteiger partial charge in [-0.1, -0.05) is 13.0 Å². The van der Waals surface area contributed by atoms with Gasteiger partial charge in [-0.15, -0.1) is 0 Å². The molecule has 3 rings (SSSR count). The molecule has 4 nitrogen and oxygen atoms in total. The van der Waals surface area contributed by atoms with Crippen molar-refractivity contribution in [3.8, 4) is 17.0 Å². The van der Waals surface area contributed by atoms with Crippen molar-refractivity contribution in [3.63, 3.8) is 0 Å². The minimum absolute atomic E-state index is 0.534. The Kier molecular flexibility index (Phi) is 4.11. The molecule has 0 unspecified atom stereocenters. The molecule has 2 N–H and O–H groups in total. The van der Waals surface area contributed by atoms with Gasteiger partial charge < -0.3 is 14.9 Å². The molecular formula is C18H21N3O. The van der Waals surface area contributed by atoms with Crippen molar-refractivity contribution in [1.82, 2.24) is 9.38 Å². The SMILES string of the molecule is CCCOc1ccc(-c2nc3ccc(CN)cn3c2C)cc1. The van der Waals surface area contributed by atoms with Crippen LogP contribution in [0, 0.1) is 6.92 Å². The van der Waals surface area contributed by atoms with Gasteiger partial charge in [0.25, 0.3) is 0 Å². The van der Waals surface area contributed by atoms with E-state index in [0.29, 0.717) is 6.54 Å². The number of benzene rings is 1. The molecule has 22 heavy (non-hydrogen) atoms. The fourth-order valence-corrected chi connectivity index (χ4v) is 2.53. The number of hydrogen-bond donors (Lipinski definition) is 1.